The minimum absolute atomic E-state index is 0.203. The molecule has 2 aromatic heterocycles. The van der Waals surface area contributed by atoms with Crippen molar-refractivity contribution in [1.82, 2.24) is 4.98 Å². The Morgan fingerprint density at radius 1 is 1.50 bits per heavy atom. The Kier molecular flexibility index (Phi) is 2.87. The summed E-state index contributed by atoms with van der Waals surface area (Å²) in [5.74, 6) is 0. The first-order valence-corrected chi connectivity index (χ1v) is 7.73. The summed E-state index contributed by atoms with van der Waals surface area (Å²) in [5.41, 5.74) is 7.33. The maximum Gasteiger partial charge on any atom is 0.135 e. The Morgan fingerprint density at radius 2 is 2.38 bits per heavy atom. The van der Waals surface area contributed by atoms with E-state index in [-0.39, 0.29) is 6.04 Å². The van der Waals surface area contributed by atoms with Gasteiger partial charge < -0.3 is 5.73 Å². The zero-order chi connectivity index (χ0) is 11.1. The van der Waals surface area contributed by atoms with Crippen molar-refractivity contribution in [2.45, 2.75) is 25.3 Å². The minimum atomic E-state index is 0.203. The van der Waals surface area contributed by atoms with Crippen LogP contribution in [0.2, 0.25) is 0 Å². The highest BCUT2D eigenvalue weighted by Gasteiger charge is 2.23. The smallest absolute Gasteiger partial charge is 0.135 e. The number of aromatic nitrogens is 1. The van der Waals surface area contributed by atoms with E-state index >= 15 is 0 Å². The number of nitrogens with zero attached hydrogens (tertiary/aromatic N) is 1. The quantitative estimate of drug-likeness (QED) is 0.865. The highest BCUT2D eigenvalue weighted by molar-refractivity contribution is 9.10. The molecule has 1 unspecified atom stereocenters. The third kappa shape index (κ3) is 1.76. The second kappa shape index (κ2) is 4.22. The molecule has 2 aromatic rings. The minimum Gasteiger partial charge on any atom is -0.323 e. The molecule has 0 bridgehead atoms. The molecular formula is C11H11BrN2S2. The zero-order valence-electron chi connectivity index (χ0n) is 8.57. The molecule has 0 saturated carbocycles. The first kappa shape index (κ1) is 10.9. The van der Waals surface area contributed by atoms with Gasteiger partial charge in [0.05, 0.1) is 10.6 Å². The van der Waals surface area contributed by atoms with Crippen LogP contribution in [0.25, 0.3) is 9.88 Å². The van der Waals surface area contributed by atoms with Gasteiger partial charge in [-0.15, -0.1) is 22.7 Å². The monoisotopic (exact) mass is 314 g/mol. The molecule has 2 nitrogen and oxygen atoms in total. The van der Waals surface area contributed by atoms with Crippen molar-refractivity contribution in [3.8, 4) is 9.88 Å². The van der Waals surface area contributed by atoms with Crippen LogP contribution in [0.5, 0.6) is 0 Å². The van der Waals surface area contributed by atoms with Crippen molar-refractivity contribution in [3.05, 3.63) is 26.5 Å². The van der Waals surface area contributed by atoms with Crippen LogP contribution in [0.1, 0.15) is 29.5 Å². The molecule has 0 spiro atoms. The first-order valence-electron chi connectivity index (χ1n) is 5.24. The highest BCUT2D eigenvalue weighted by atomic mass is 79.9. The second-order valence-corrected chi connectivity index (χ2v) is 6.73. The lowest BCUT2D eigenvalue weighted by molar-refractivity contribution is 0.573. The van der Waals surface area contributed by atoms with Gasteiger partial charge in [-0.25, -0.2) is 4.98 Å². The summed E-state index contributed by atoms with van der Waals surface area (Å²) in [6.07, 6.45) is 3.35. The number of nitrogens with two attached hydrogens (primary N) is 1. The predicted molar refractivity (Wildman–Crippen MR) is 73.0 cm³/mol. The molecule has 2 heterocycles. The summed E-state index contributed by atoms with van der Waals surface area (Å²) < 4.78 is 1.14. The topological polar surface area (TPSA) is 38.9 Å². The van der Waals surface area contributed by atoms with Gasteiger partial charge in [0.2, 0.25) is 0 Å². The van der Waals surface area contributed by atoms with Crippen LogP contribution >= 0.6 is 38.6 Å². The fourth-order valence-corrected chi connectivity index (χ4v) is 4.94. The molecule has 0 fully saturated rings. The van der Waals surface area contributed by atoms with Gasteiger partial charge in [-0.2, -0.15) is 0 Å². The molecule has 2 N–H and O–H groups in total. The summed E-state index contributed by atoms with van der Waals surface area (Å²) in [6, 6.07) is 2.27. The second-order valence-electron chi connectivity index (χ2n) is 3.93. The van der Waals surface area contributed by atoms with Gasteiger partial charge >= 0.3 is 0 Å². The number of halogens is 1. The van der Waals surface area contributed by atoms with Crippen molar-refractivity contribution < 1.29 is 0 Å². The number of hydrogen-bond donors (Lipinski definition) is 1. The van der Waals surface area contributed by atoms with Crippen molar-refractivity contribution >= 4 is 38.6 Å². The molecule has 84 valence electrons. The third-order valence-corrected chi connectivity index (χ3v) is 6.03. The van der Waals surface area contributed by atoms with Crippen molar-refractivity contribution in [2.75, 3.05) is 0 Å². The maximum absolute atomic E-state index is 6.11. The van der Waals surface area contributed by atoms with Gasteiger partial charge in [0.1, 0.15) is 5.01 Å². The lowest BCUT2D eigenvalue weighted by Crippen LogP contribution is -2.15. The van der Waals surface area contributed by atoms with Crippen LogP contribution < -0.4 is 5.73 Å². The van der Waals surface area contributed by atoms with Crippen LogP contribution in [0.3, 0.4) is 0 Å². The van der Waals surface area contributed by atoms with E-state index in [2.05, 4.69) is 27.4 Å². The molecule has 16 heavy (non-hydrogen) atoms. The number of fused-ring (bicyclic) bond motifs is 1. The largest absolute Gasteiger partial charge is 0.323 e. The average Bonchev–Trinajstić information content (AvgIpc) is 2.84. The van der Waals surface area contributed by atoms with E-state index in [1.807, 2.05) is 0 Å². The van der Waals surface area contributed by atoms with Crippen LogP contribution in [0.4, 0.5) is 0 Å². The molecular weight excluding hydrogens is 304 g/mol. The molecule has 5 heteroatoms. The standard InChI is InChI=1S/C11H11BrN2S2/c12-6-4-5-15-9(6)11-14-8-3-1-2-7(13)10(8)16-11/h4-5,7H,1-3,13H2. The van der Waals surface area contributed by atoms with Crippen LogP contribution in [-0.2, 0) is 6.42 Å². The number of aryl methyl sites for hydroxylation is 1. The maximum atomic E-state index is 6.11. The van der Waals surface area contributed by atoms with Gasteiger partial charge in [0, 0.05) is 15.4 Å². The van der Waals surface area contributed by atoms with Gasteiger partial charge in [0.25, 0.3) is 0 Å². The SMILES string of the molecule is NC1CCCc2nc(-c3sccc3Br)sc21. The van der Waals surface area contributed by atoms with Gasteiger partial charge in [-0.1, -0.05) is 0 Å². The summed E-state index contributed by atoms with van der Waals surface area (Å²) >= 11 is 7.04. The molecule has 3 rings (SSSR count). The molecule has 0 aromatic carbocycles. The van der Waals surface area contributed by atoms with E-state index in [9.17, 15) is 0 Å². The van der Waals surface area contributed by atoms with E-state index in [1.54, 1.807) is 22.7 Å². The Morgan fingerprint density at radius 3 is 3.06 bits per heavy atom. The summed E-state index contributed by atoms with van der Waals surface area (Å²) in [6.45, 7) is 0. The highest BCUT2D eigenvalue weighted by Crippen LogP contribution is 2.41. The van der Waals surface area contributed by atoms with Gasteiger partial charge in [-0.05, 0) is 46.6 Å². The lowest BCUT2D eigenvalue weighted by atomic mass is 9.99. The third-order valence-electron chi connectivity index (χ3n) is 2.80. The van der Waals surface area contributed by atoms with Gasteiger partial charge in [-0.3, -0.25) is 0 Å². The summed E-state index contributed by atoms with van der Waals surface area (Å²) in [4.78, 5) is 7.24. The molecule has 0 amide bonds. The predicted octanol–water partition coefficient (Wildman–Crippen LogP) is 3.97. The molecule has 1 aliphatic carbocycles. The Labute approximate surface area is 111 Å². The Bertz CT molecular complexity index is 518. The number of hydrogen-bond acceptors (Lipinski definition) is 4. The normalized spacial score (nSPS) is 19.8. The van der Waals surface area contributed by atoms with Crippen molar-refractivity contribution in [3.63, 3.8) is 0 Å². The summed E-state index contributed by atoms with van der Waals surface area (Å²) in [7, 11) is 0. The lowest BCUT2D eigenvalue weighted by Gasteiger charge is -2.15. The molecule has 1 atom stereocenters. The van der Waals surface area contributed by atoms with Crippen LogP contribution in [0, 0.1) is 0 Å². The Balaban J connectivity index is 2.08. The van der Waals surface area contributed by atoms with Gasteiger partial charge in [0.15, 0.2) is 0 Å². The molecule has 1 aliphatic rings. The van der Waals surface area contributed by atoms with Crippen molar-refractivity contribution in [1.29, 1.82) is 0 Å². The van der Waals surface area contributed by atoms with E-state index in [4.69, 9.17) is 10.7 Å². The van der Waals surface area contributed by atoms with E-state index in [0.29, 0.717) is 0 Å². The van der Waals surface area contributed by atoms with E-state index < -0.39 is 0 Å². The first-order chi connectivity index (χ1) is 7.75. The van der Waals surface area contributed by atoms with Crippen LogP contribution in [-0.4, -0.2) is 4.98 Å². The molecule has 0 radical (unpaired) electrons. The zero-order valence-corrected chi connectivity index (χ0v) is 11.8. The van der Waals surface area contributed by atoms with Crippen molar-refractivity contribution in [2.24, 2.45) is 5.73 Å². The van der Waals surface area contributed by atoms with E-state index in [1.165, 1.54) is 21.9 Å². The molecule has 0 saturated heterocycles. The number of thiophene rings is 1. The fourth-order valence-electron chi connectivity index (χ4n) is 2.00. The van der Waals surface area contributed by atoms with Crippen LogP contribution in [0.15, 0.2) is 15.9 Å². The fraction of sp³-hybridized carbons (Fsp3) is 0.364. The average molecular weight is 315 g/mol. The number of thiazole rings is 1. The van der Waals surface area contributed by atoms with E-state index in [0.717, 1.165) is 22.3 Å². The number of rotatable bonds is 1. The Hall–Kier alpha value is -0.230. The molecule has 0 aliphatic heterocycles. The summed E-state index contributed by atoms with van der Waals surface area (Å²) in [5, 5.41) is 3.20.